The molecule has 1 amide bonds. The number of rotatable bonds is 4. The Balaban J connectivity index is 1.70. The van der Waals surface area contributed by atoms with Gasteiger partial charge in [0.1, 0.15) is 5.65 Å². The van der Waals surface area contributed by atoms with Crippen LogP contribution < -0.4 is 10.9 Å². The van der Waals surface area contributed by atoms with E-state index >= 15 is 0 Å². The molecule has 0 saturated carbocycles. The van der Waals surface area contributed by atoms with Gasteiger partial charge in [0.05, 0.1) is 18.7 Å². The average Bonchev–Trinajstić information content (AvgIpc) is 2.90. The van der Waals surface area contributed by atoms with Crippen LogP contribution in [-0.4, -0.2) is 15.3 Å². The van der Waals surface area contributed by atoms with Crippen molar-refractivity contribution in [2.45, 2.75) is 19.9 Å². The lowest BCUT2D eigenvalue weighted by molar-refractivity contribution is -0.120. The van der Waals surface area contributed by atoms with Crippen LogP contribution in [-0.2, 0) is 17.8 Å². The zero-order chi connectivity index (χ0) is 15.5. The Morgan fingerprint density at radius 1 is 1.36 bits per heavy atom. The number of amides is 1. The van der Waals surface area contributed by atoms with Crippen molar-refractivity contribution in [3.63, 3.8) is 0 Å². The third kappa shape index (κ3) is 3.07. The van der Waals surface area contributed by atoms with Gasteiger partial charge in [0.15, 0.2) is 0 Å². The smallest absolute Gasteiger partial charge is 0.258 e. The highest BCUT2D eigenvalue weighted by molar-refractivity contribution is 7.10. The molecule has 0 unspecified atom stereocenters. The Kier molecular flexibility index (Phi) is 4.02. The Bertz CT molecular complexity index is 882. The fraction of sp³-hybridized carbons (Fsp3) is 0.188. The lowest BCUT2D eigenvalue weighted by Gasteiger charge is -2.06. The van der Waals surface area contributed by atoms with Gasteiger partial charge in [0.25, 0.3) is 5.56 Å². The molecule has 0 atom stereocenters. The van der Waals surface area contributed by atoms with Crippen LogP contribution in [0.2, 0.25) is 0 Å². The van der Waals surface area contributed by atoms with Crippen LogP contribution in [0.3, 0.4) is 0 Å². The number of nitrogens with one attached hydrogen (secondary N) is 1. The summed E-state index contributed by atoms with van der Waals surface area (Å²) in [6.45, 7) is 2.25. The normalized spacial score (nSPS) is 10.8. The van der Waals surface area contributed by atoms with E-state index in [2.05, 4.69) is 10.3 Å². The monoisotopic (exact) mass is 313 g/mol. The van der Waals surface area contributed by atoms with Crippen molar-refractivity contribution < 1.29 is 4.79 Å². The standard InChI is InChI=1S/C16H15N3O2S/c1-11-12(5-7-22-11)8-15(20)17-10-13-9-16(21)19-6-3-2-4-14(19)18-13/h2-7,9H,8,10H2,1H3,(H,17,20). The third-order valence-corrected chi connectivity index (χ3v) is 4.30. The molecule has 3 aromatic rings. The van der Waals surface area contributed by atoms with Gasteiger partial charge in [-0.15, -0.1) is 11.3 Å². The van der Waals surface area contributed by atoms with E-state index in [1.807, 2.05) is 24.4 Å². The van der Waals surface area contributed by atoms with Crippen LogP contribution in [0.4, 0.5) is 0 Å². The van der Waals surface area contributed by atoms with E-state index < -0.39 is 0 Å². The summed E-state index contributed by atoms with van der Waals surface area (Å²) in [5.41, 5.74) is 2.03. The van der Waals surface area contributed by atoms with Crippen molar-refractivity contribution in [1.82, 2.24) is 14.7 Å². The predicted octanol–water partition coefficient (Wildman–Crippen LogP) is 1.92. The molecule has 0 spiro atoms. The van der Waals surface area contributed by atoms with Crippen LogP contribution in [0.15, 0.2) is 46.7 Å². The molecular formula is C16H15N3O2S. The Morgan fingerprint density at radius 3 is 3.00 bits per heavy atom. The van der Waals surface area contributed by atoms with Crippen LogP contribution in [0, 0.1) is 6.92 Å². The first kappa shape index (κ1) is 14.5. The third-order valence-electron chi connectivity index (χ3n) is 3.41. The molecule has 112 valence electrons. The summed E-state index contributed by atoms with van der Waals surface area (Å²) >= 11 is 1.63. The van der Waals surface area contributed by atoms with Crippen molar-refractivity contribution in [3.8, 4) is 0 Å². The van der Waals surface area contributed by atoms with Gasteiger partial charge in [-0.3, -0.25) is 14.0 Å². The molecule has 0 aliphatic carbocycles. The fourth-order valence-electron chi connectivity index (χ4n) is 2.21. The molecule has 5 nitrogen and oxygen atoms in total. The summed E-state index contributed by atoms with van der Waals surface area (Å²) < 4.78 is 1.47. The second-order valence-corrected chi connectivity index (χ2v) is 6.09. The minimum atomic E-state index is -0.150. The molecule has 0 radical (unpaired) electrons. The second kappa shape index (κ2) is 6.11. The van der Waals surface area contributed by atoms with Crippen molar-refractivity contribution in [2.24, 2.45) is 0 Å². The molecular weight excluding hydrogens is 298 g/mol. The minimum absolute atomic E-state index is 0.0726. The zero-order valence-electron chi connectivity index (χ0n) is 12.1. The molecule has 3 heterocycles. The van der Waals surface area contributed by atoms with Crippen LogP contribution in [0.25, 0.3) is 5.65 Å². The lowest BCUT2D eigenvalue weighted by atomic mass is 10.2. The Labute approximate surface area is 131 Å². The van der Waals surface area contributed by atoms with Crippen molar-refractivity contribution in [3.05, 3.63) is 68.4 Å². The Hall–Kier alpha value is -2.47. The van der Waals surface area contributed by atoms with Crippen molar-refractivity contribution >= 4 is 22.9 Å². The van der Waals surface area contributed by atoms with Crippen LogP contribution in [0.5, 0.6) is 0 Å². The molecule has 1 N–H and O–H groups in total. The van der Waals surface area contributed by atoms with Crippen molar-refractivity contribution in [1.29, 1.82) is 0 Å². The van der Waals surface area contributed by atoms with E-state index in [0.29, 0.717) is 17.8 Å². The van der Waals surface area contributed by atoms with Gasteiger partial charge < -0.3 is 5.32 Å². The predicted molar refractivity (Wildman–Crippen MR) is 86.1 cm³/mol. The molecule has 0 saturated heterocycles. The number of hydrogen-bond donors (Lipinski definition) is 1. The topological polar surface area (TPSA) is 63.5 Å². The molecule has 3 rings (SSSR count). The van der Waals surface area contributed by atoms with E-state index in [4.69, 9.17) is 0 Å². The van der Waals surface area contributed by atoms with E-state index in [1.165, 1.54) is 10.5 Å². The van der Waals surface area contributed by atoms with Gasteiger partial charge in [-0.2, -0.15) is 0 Å². The number of pyridine rings is 1. The molecule has 6 heteroatoms. The lowest BCUT2D eigenvalue weighted by Crippen LogP contribution is -2.26. The second-order valence-electron chi connectivity index (χ2n) is 4.97. The number of carbonyl (C=O) groups is 1. The maximum Gasteiger partial charge on any atom is 0.258 e. The first-order valence-corrected chi connectivity index (χ1v) is 7.78. The zero-order valence-corrected chi connectivity index (χ0v) is 12.9. The van der Waals surface area contributed by atoms with E-state index in [-0.39, 0.29) is 18.0 Å². The first-order chi connectivity index (χ1) is 10.6. The SMILES string of the molecule is Cc1sccc1CC(=O)NCc1cc(=O)n2ccccc2n1. The molecule has 0 bridgehead atoms. The van der Waals surface area contributed by atoms with Gasteiger partial charge in [0, 0.05) is 17.1 Å². The van der Waals surface area contributed by atoms with E-state index in [1.54, 1.807) is 29.7 Å². The molecule has 0 fully saturated rings. The quantitative estimate of drug-likeness (QED) is 0.800. The highest BCUT2D eigenvalue weighted by Gasteiger charge is 2.08. The number of aromatic nitrogens is 2. The van der Waals surface area contributed by atoms with E-state index in [0.717, 1.165) is 10.4 Å². The average molecular weight is 313 g/mol. The van der Waals surface area contributed by atoms with E-state index in [9.17, 15) is 9.59 Å². The molecule has 0 aliphatic heterocycles. The maximum absolute atomic E-state index is 12.0. The number of thiophene rings is 1. The van der Waals surface area contributed by atoms with Gasteiger partial charge >= 0.3 is 0 Å². The van der Waals surface area contributed by atoms with Gasteiger partial charge in [-0.25, -0.2) is 4.98 Å². The molecule has 3 aromatic heterocycles. The summed E-state index contributed by atoms with van der Waals surface area (Å²) in [4.78, 5) is 29.4. The fourth-order valence-corrected chi connectivity index (χ4v) is 2.94. The van der Waals surface area contributed by atoms with Gasteiger partial charge in [-0.05, 0) is 36.1 Å². The number of carbonyl (C=O) groups excluding carboxylic acids is 1. The van der Waals surface area contributed by atoms with Crippen molar-refractivity contribution in [2.75, 3.05) is 0 Å². The van der Waals surface area contributed by atoms with Gasteiger partial charge in [-0.1, -0.05) is 6.07 Å². The summed E-state index contributed by atoms with van der Waals surface area (Å²) in [5.74, 6) is -0.0726. The summed E-state index contributed by atoms with van der Waals surface area (Å²) in [7, 11) is 0. The maximum atomic E-state index is 12.0. The minimum Gasteiger partial charge on any atom is -0.350 e. The number of fused-ring (bicyclic) bond motifs is 1. The van der Waals surface area contributed by atoms with Gasteiger partial charge in [0.2, 0.25) is 5.91 Å². The van der Waals surface area contributed by atoms with Crippen LogP contribution in [0.1, 0.15) is 16.1 Å². The molecule has 0 aromatic carbocycles. The molecule has 0 aliphatic rings. The molecule has 22 heavy (non-hydrogen) atoms. The summed E-state index contributed by atoms with van der Waals surface area (Å²) in [5, 5.41) is 4.79. The summed E-state index contributed by atoms with van der Waals surface area (Å²) in [6, 6.07) is 8.77. The number of nitrogens with zero attached hydrogens (tertiary/aromatic N) is 2. The first-order valence-electron chi connectivity index (χ1n) is 6.90. The highest BCUT2D eigenvalue weighted by atomic mass is 32.1. The summed E-state index contributed by atoms with van der Waals surface area (Å²) in [6.07, 6.45) is 2.02. The Morgan fingerprint density at radius 2 is 2.23 bits per heavy atom. The van der Waals surface area contributed by atoms with Crippen LogP contribution >= 0.6 is 11.3 Å². The number of aryl methyl sites for hydroxylation is 1. The highest BCUT2D eigenvalue weighted by Crippen LogP contribution is 2.15. The number of hydrogen-bond acceptors (Lipinski definition) is 4. The largest absolute Gasteiger partial charge is 0.350 e.